The number of esters is 1. The predicted octanol–water partition coefficient (Wildman–Crippen LogP) is 2.62. The van der Waals surface area contributed by atoms with Crippen molar-refractivity contribution in [2.24, 2.45) is 5.41 Å². The van der Waals surface area contributed by atoms with Crippen LogP contribution in [0.2, 0.25) is 0 Å². The van der Waals surface area contributed by atoms with Crippen LogP contribution in [-0.4, -0.2) is 18.3 Å². The summed E-state index contributed by atoms with van der Waals surface area (Å²) < 4.78 is 4.74. The Morgan fingerprint density at radius 3 is 2.71 bits per heavy atom. The van der Waals surface area contributed by atoms with Gasteiger partial charge in [-0.2, -0.15) is 5.26 Å². The minimum absolute atomic E-state index is 0.00218. The molecule has 2 rings (SSSR count). The van der Waals surface area contributed by atoms with Gasteiger partial charge >= 0.3 is 5.97 Å². The van der Waals surface area contributed by atoms with Crippen molar-refractivity contribution in [1.29, 1.82) is 5.26 Å². The van der Waals surface area contributed by atoms with E-state index in [1.807, 2.05) is 30.3 Å². The summed E-state index contributed by atoms with van der Waals surface area (Å²) in [6, 6.07) is 12.0. The predicted molar refractivity (Wildman–Crippen MR) is 65.4 cm³/mol. The third kappa shape index (κ3) is 2.03. The Hall–Kier alpha value is -1.47. The summed E-state index contributed by atoms with van der Waals surface area (Å²) in [5.41, 5.74) is -0.949. The van der Waals surface area contributed by atoms with Gasteiger partial charge in [-0.15, -0.1) is 11.8 Å². The molecule has 0 amide bonds. The molecular weight excluding hydrogens is 234 g/mol. The molecule has 1 saturated carbocycles. The van der Waals surface area contributed by atoms with Crippen molar-refractivity contribution >= 4 is 17.7 Å². The number of benzene rings is 1. The first kappa shape index (κ1) is 12.0. The van der Waals surface area contributed by atoms with Gasteiger partial charge in [0.15, 0.2) is 5.41 Å². The molecule has 0 N–H and O–H groups in total. The van der Waals surface area contributed by atoms with Gasteiger partial charge in [0.25, 0.3) is 0 Å². The number of thioether (sulfide) groups is 1. The number of rotatable bonds is 3. The Balaban J connectivity index is 2.13. The maximum absolute atomic E-state index is 11.7. The Bertz CT molecular complexity index is 454. The van der Waals surface area contributed by atoms with Crippen LogP contribution in [0, 0.1) is 16.7 Å². The number of hydrogen-bond acceptors (Lipinski definition) is 4. The van der Waals surface area contributed by atoms with Crippen molar-refractivity contribution in [3.05, 3.63) is 30.3 Å². The van der Waals surface area contributed by atoms with E-state index in [9.17, 15) is 10.1 Å². The second kappa shape index (κ2) is 4.80. The number of methoxy groups -OCH3 is 1. The molecule has 0 unspecified atom stereocenters. The second-order valence-corrected chi connectivity index (χ2v) is 5.31. The standard InChI is InChI=1S/C13H13NO2S/c1-16-12(15)13(9-14)8-7-11(13)17-10-5-3-2-4-6-10/h2-6,11H,7-8H2,1H3/t11-,13+/m0/s1. The average Bonchev–Trinajstić information content (AvgIpc) is 2.37. The van der Waals surface area contributed by atoms with E-state index in [0.29, 0.717) is 6.42 Å². The highest BCUT2D eigenvalue weighted by atomic mass is 32.2. The fourth-order valence-electron chi connectivity index (χ4n) is 1.96. The van der Waals surface area contributed by atoms with Crippen molar-refractivity contribution < 1.29 is 9.53 Å². The summed E-state index contributed by atoms with van der Waals surface area (Å²) >= 11 is 1.58. The van der Waals surface area contributed by atoms with Crippen LogP contribution in [0.5, 0.6) is 0 Å². The molecule has 0 aromatic heterocycles. The third-order valence-electron chi connectivity index (χ3n) is 3.12. The van der Waals surface area contributed by atoms with Gasteiger partial charge in [-0.25, -0.2) is 0 Å². The van der Waals surface area contributed by atoms with Crippen LogP contribution in [0.25, 0.3) is 0 Å². The van der Waals surface area contributed by atoms with E-state index in [1.54, 1.807) is 11.8 Å². The molecule has 0 heterocycles. The first-order valence-electron chi connectivity index (χ1n) is 5.44. The number of nitrogens with zero attached hydrogens (tertiary/aromatic N) is 1. The molecule has 0 spiro atoms. The summed E-state index contributed by atoms with van der Waals surface area (Å²) in [7, 11) is 1.34. The summed E-state index contributed by atoms with van der Waals surface area (Å²) in [5.74, 6) is -0.403. The molecule has 0 radical (unpaired) electrons. The fourth-order valence-corrected chi connectivity index (χ4v) is 3.31. The highest BCUT2D eigenvalue weighted by Gasteiger charge is 2.55. The zero-order valence-corrected chi connectivity index (χ0v) is 10.4. The van der Waals surface area contributed by atoms with Crippen molar-refractivity contribution in [2.75, 3.05) is 7.11 Å². The highest BCUT2D eigenvalue weighted by Crippen LogP contribution is 2.50. The zero-order valence-electron chi connectivity index (χ0n) is 9.55. The first-order valence-corrected chi connectivity index (χ1v) is 6.32. The van der Waals surface area contributed by atoms with Gasteiger partial charge in [-0.1, -0.05) is 18.2 Å². The van der Waals surface area contributed by atoms with Crippen molar-refractivity contribution in [1.82, 2.24) is 0 Å². The van der Waals surface area contributed by atoms with Crippen LogP contribution in [0.3, 0.4) is 0 Å². The van der Waals surface area contributed by atoms with Gasteiger partial charge in [-0.05, 0) is 25.0 Å². The Kier molecular flexibility index (Phi) is 3.39. The molecule has 0 bridgehead atoms. The topological polar surface area (TPSA) is 50.1 Å². The Morgan fingerprint density at radius 2 is 2.24 bits per heavy atom. The zero-order chi connectivity index (χ0) is 12.3. The van der Waals surface area contributed by atoms with Crippen LogP contribution >= 0.6 is 11.8 Å². The molecule has 2 atom stereocenters. The Labute approximate surface area is 105 Å². The van der Waals surface area contributed by atoms with Crippen LogP contribution in [-0.2, 0) is 9.53 Å². The Morgan fingerprint density at radius 1 is 1.53 bits per heavy atom. The maximum Gasteiger partial charge on any atom is 0.327 e. The molecule has 0 aliphatic heterocycles. The largest absolute Gasteiger partial charge is 0.468 e. The summed E-state index contributed by atoms with van der Waals surface area (Å²) in [6.07, 6.45) is 1.48. The lowest BCUT2D eigenvalue weighted by Gasteiger charge is -2.40. The van der Waals surface area contributed by atoms with E-state index in [1.165, 1.54) is 7.11 Å². The molecule has 1 aromatic rings. The monoisotopic (exact) mass is 247 g/mol. The summed E-state index contributed by atoms with van der Waals surface area (Å²) in [6.45, 7) is 0. The highest BCUT2D eigenvalue weighted by molar-refractivity contribution is 8.00. The summed E-state index contributed by atoms with van der Waals surface area (Å²) in [5, 5.41) is 9.22. The van der Waals surface area contributed by atoms with E-state index in [4.69, 9.17) is 4.74 Å². The molecule has 3 nitrogen and oxygen atoms in total. The molecule has 88 valence electrons. The number of nitriles is 1. The molecule has 1 aromatic carbocycles. The lowest BCUT2D eigenvalue weighted by molar-refractivity contribution is -0.152. The van der Waals surface area contributed by atoms with Gasteiger partial charge in [0.1, 0.15) is 0 Å². The normalized spacial score (nSPS) is 26.7. The lowest BCUT2D eigenvalue weighted by Crippen LogP contribution is -2.48. The molecule has 4 heteroatoms. The van der Waals surface area contributed by atoms with E-state index in [2.05, 4.69) is 6.07 Å². The SMILES string of the molecule is COC(=O)[C@@]1(C#N)CC[C@@H]1Sc1ccccc1. The molecule has 17 heavy (non-hydrogen) atoms. The first-order chi connectivity index (χ1) is 8.23. The van der Waals surface area contributed by atoms with Crippen molar-refractivity contribution in [2.45, 2.75) is 23.0 Å². The number of carbonyl (C=O) groups excluding carboxylic acids is 1. The van der Waals surface area contributed by atoms with Crippen molar-refractivity contribution in [3.8, 4) is 6.07 Å². The smallest absolute Gasteiger partial charge is 0.327 e. The number of carbonyl (C=O) groups is 1. The van der Waals surface area contributed by atoms with Gasteiger partial charge in [0, 0.05) is 10.1 Å². The fraction of sp³-hybridized carbons (Fsp3) is 0.385. The molecular formula is C13H13NO2S. The van der Waals surface area contributed by atoms with Gasteiger partial charge in [0.2, 0.25) is 0 Å². The maximum atomic E-state index is 11.7. The van der Waals surface area contributed by atoms with Gasteiger partial charge in [0.05, 0.1) is 13.2 Å². The molecule has 1 aliphatic rings. The van der Waals surface area contributed by atoms with E-state index < -0.39 is 11.4 Å². The van der Waals surface area contributed by atoms with Crippen LogP contribution in [0.1, 0.15) is 12.8 Å². The van der Waals surface area contributed by atoms with Gasteiger partial charge in [-0.3, -0.25) is 4.79 Å². The van der Waals surface area contributed by atoms with E-state index in [-0.39, 0.29) is 5.25 Å². The van der Waals surface area contributed by atoms with Crippen molar-refractivity contribution in [3.63, 3.8) is 0 Å². The number of hydrogen-bond donors (Lipinski definition) is 0. The number of ether oxygens (including phenoxy) is 1. The lowest BCUT2D eigenvalue weighted by atomic mass is 9.69. The molecule has 1 fully saturated rings. The quantitative estimate of drug-likeness (QED) is 0.770. The molecule has 0 saturated heterocycles. The second-order valence-electron chi connectivity index (χ2n) is 4.03. The third-order valence-corrected chi connectivity index (χ3v) is 4.59. The molecule has 1 aliphatic carbocycles. The van der Waals surface area contributed by atoms with Crippen LogP contribution in [0.15, 0.2) is 35.2 Å². The minimum atomic E-state index is -0.949. The van der Waals surface area contributed by atoms with Crippen LogP contribution < -0.4 is 0 Å². The van der Waals surface area contributed by atoms with Gasteiger partial charge < -0.3 is 4.74 Å². The summed E-state index contributed by atoms with van der Waals surface area (Å²) in [4.78, 5) is 12.8. The van der Waals surface area contributed by atoms with Crippen LogP contribution in [0.4, 0.5) is 0 Å². The minimum Gasteiger partial charge on any atom is -0.468 e. The van der Waals surface area contributed by atoms with E-state index in [0.717, 1.165) is 11.3 Å². The van der Waals surface area contributed by atoms with E-state index >= 15 is 0 Å². The average molecular weight is 247 g/mol.